The van der Waals surface area contributed by atoms with Gasteiger partial charge < -0.3 is 10.0 Å². The summed E-state index contributed by atoms with van der Waals surface area (Å²) in [6, 6.07) is 10.3. The van der Waals surface area contributed by atoms with E-state index in [1.54, 1.807) is 4.90 Å². The molecule has 2 amide bonds. The van der Waals surface area contributed by atoms with E-state index in [0.717, 1.165) is 42.8 Å². The number of anilines is 1. The summed E-state index contributed by atoms with van der Waals surface area (Å²) < 4.78 is 0. The van der Waals surface area contributed by atoms with E-state index in [2.05, 4.69) is 12.1 Å². The van der Waals surface area contributed by atoms with Gasteiger partial charge in [0.2, 0.25) is 11.8 Å². The van der Waals surface area contributed by atoms with Gasteiger partial charge in [-0.05, 0) is 44.6 Å². The van der Waals surface area contributed by atoms with Crippen LogP contribution in [0.25, 0.3) is 0 Å². The molecule has 1 saturated heterocycles. The first-order valence-electron chi connectivity index (χ1n) is 11.2. The average molecular weight is 423 g/mol. The molecule has 31 heavy (non-hydrogen) atoms. The molecule has 2 aromatic rings. The van der Waals surface area contributed by atoms with Crippen LogP contribution >= 0.6 is 0 Å². The third kappa shape index (κ3) is 4.77. The lowest BCUT2D eigenvalue weighted by molar-refractivity contribution is -0.135. The van der Waals surface area contributed by atoms with E-state index in [-0.39, 0.29) is 17.7 Å². The van der Waals surface area contributed by atoms with Gasteiger partial charge in [0.15, 0.2) is 0 Å². The number of likely N-dealkylation sites (tertiary alicyclic amines) is 1. The van der Waals surface area contributed by atoms with Crippen molar-refractivity contribution >= 4 is 17.6 Å². The van der Waals surface area contributed by atoms with Crippen LogP contribution in [0.3, 0.4) is 0 Å². The molecule has 1 N–H and O–H groups in total. The zero-order valence-electron chi connectivity index (χ0n) is 18.1. The highest BCUT2D eigenvalue weighted by Gasteiger charge is 2.31. The Morgan fingerprint density at radius 1 is 1.19 bits per heavy atom. The van der Waals surface area contributed by atoms with Crippen molar-refractivity contribution in [3.8, 4) is 0 Å². The Balaban J connectivity index is 1.54. The van der Waals surface area contributed by atoms with Crippen molar-refractivity contribution in [3.05, 3.63) is 53.0 Å². The summed E-state index contributed by atoms with van der Waals surface area (Å²) in [7, 11) is 0. The topological polar surface area (TPSA) is 86.6 Å². The van der Waals surface area contributed by atoms with Crippen molar-refractivity contribution in [3.63, 3.8) is 0 Å². The van der Waals surface area contributed by atoms with E-state index in [9.17, 15) is 14.7 Å². The second kappa shape index (κ2) is 9.56. The molecular formula is C24H30N4O3. The monoisotopic (exact) mass is 422 g/mol. The maximum Gasteiger partial charge on any atom is 0.248 e. The normalized spacial score (nSPS) is 18.8. The molecule has 7 nitrogen and oxygen atoms in total. The lowest BCUT2D eigenvalue weighted by atomic mass is 9.96. The minimum atomic E-state index is -0.472. The van der Waals surface area contributed by atoms with Crippen molar-refractivity contribution in [1.29, 1.82) is 0 Å². The Bertz CT molecular complexity index is 947. The number of piperidine rings is 1. The predicted octanol–water partition coefficient (Wildman–Crippen LogP) is 2.40. The first kappa shape index (κ1) is 21.4. The van der Waals surface area contributed by atoms with E-state index in [0.29, 0.717) is 38.3 Å². The Kier molecular flexibility index (Phi) is 6.61. The number of hydrogen-bond acceptors (Lipinski definition) is 5. The largest absolute Gasteiger partial charge is 0.387 e. The molecule has 0 unspecified atom stereocenters. The van der Waals surface area contributed by atoms with Crippen molar-refractivity contribution in [2.24, 2.45) is 0 Å². The summed E-state index contributed by atoms with van der Waals surface area (Å²) >= 11 is 0. The number of aliphatic hydroxyl groups is 1. The number of amides is 2. The molecule has 1 aromatic heterocycles. The second-order valence-electron chi connectivity index (χ2n) is 8.44. The molecule has 7 heteroatoms. The zero-order valence-corrected chi connectivity index (χ0v) is 18.1. The molecule has 2 aliphatic heterocycles. The number of rotatable bonds is 6. The quantitative estimate of drug-likeness (QED) is 0.773. The standard InChI is InChI=1S/C24H30N4O3/c1-17-20-11-12-21(30)28(14-5-9-18-7-3-2-4-8-18)24(20)26-23(25-17)19-10-6-13-27(15-19)22(31)16-29/h2-4,7-8,19,29H,5-6,9-16H2,1H3/t19-/m0/s1. The highest BCUT2D eigenvalue weighted by Crippen LogP contribution is 2.32. The number of aromatic nitrogens is 2. The molecule has 0 bridgehead atoms. The summed E-state index contributed by atoms with van der Waals surface area (Å²) in [5.74, 6) is 1.34. The molecule has 1 fully saturated rings. The summed E-state index contributed by atoms with van der Waals surface area (Å²) in [6.45, 7) is 3.32. The Labute approximate surface area is 183 Å². The molecule has 3 heterocycles. The lowest BCUT2D eigenvalue weighted by Crippen LogP contribution is -2.41. The number of carbonyl (C=O) groups is 2. The van der Waals surface area contributed by atoms with Crippen molar-refractivity contribution in [1.82, 2.24) is 14.9 Å². The number of carbonyl (C=O) groups excluding carboxylic acids is 2. The van der Waals surface area contributed by atoms with E-state index in [1.165, 1.54) is 5.56 Å². The van der Waals surface area contributed by atoms with E-state index < -0.39 is 6.61 Å². The molecule has 1 atom stereocenters. The second-order valence-corrected chi connectivity index (χ2v) is 8.44. The molecule has 0 spiro atoms. The van der Waals surface area contributed by atoms with Crippen LogP contribution in [0.2, 0.25) is 0 Å². The number of hydrogen-bond donors (Lipinski definition) is 1. The number of fused-ring (bicyclic) bond motifs is 1. The van der Waals surface area contributed by atoms with Gasteiger partial charge in [0, 0.05) is 43.2 Å². The van der Waals surface area contributed by atoms with Gasteiger partial charge in [-0.25, -0.2) is 9.97 Å². The average Bonchev–Trinajstić information content (AvgIpc) is 2.80. The highest BCUT2D eigenvalue weighted by molar-refractivity contribution is 5.95. The summed E-state index contributed by atoms with van der Waals surface area (Å²) in [6.07, 6.45) is 4.71. The lowest BCUT2D eigenvalue weighted by Gasteiger charge is -2.33. The minimum Gasteiger partial charge on any atom is -0.387 e. The van der Waals surface area contributed by atoms with Crippen molar-refractivity contribution in [2.45, 2.75) is 51.4 Å². The molecule has 2 aliphatic rings. The van der Waals surface area contributed by atoms with Gasteiger partial charge in [-0.3, -0.25) is 14.5 Å². The number of benzene rings is 1. The molecule has 1 aromatic carbocycles. The first-order chi connectivity index (χ1) is 15.1. The summed E-state index contributed by atoms with van der Waals surface area (Å²) in [5.41, 5.74) is 3.25. The van der Waals surface area contributed by atoms with Gasteiger partial charge in [0.1, 0.15) is 18.2 Å². The SMILES string of the molecule is Cc1nc([C@H]2CCCN(C(=O)CO)C2)nc2c1CCC(=O)N2CCCc1ccccc1. The smallest absolute Gasteiger partial charge is 0.248 e. The number of aliphatic hydroxyl groups excluding tert-OH is 1. The Morgan fingerprint density at radius 3 is 2.77 bits per heavy atom. The molecule has 0 radical (unpaired) electrons. The summed E-state index contributed by atoms with van der Waals surface area (Å²) in [4.78, 5) is 37.9. The first-order valence-corrected chi connectivity index (χ1v) is 11.2. The van der Waals surface area contributed by atoms with E-state index >= 15 is 0 Å². The van der Waals surface area contributed by atoms with Gasteiger partial charge in [-0.15, -0.1) is 0 Å². The fourth-order valence-electron chi connectivity index (χ4n) is 4.62. The van der Waals surface area contributed by atoms with Gasteiger partial charge in [0.25, 0.3) is 0 Å². The Morgan fingerprint density at radius 2 is 2.00 bits per heavy atom. The third-order valence-corrected chi connectivity index (χ3v) is 6.32. The van der Waals surface area contributed by atoms with Gasteiger partial charge >= 0.3 is 0 Å². The van der Waals surface area contributed by atoms with Gasteiger partial charge in [-0.1, -0.05) is 30.3 Å². The maximum atomic E-state index is 12.8. The fourth-order valence-corrected chi connectivity index (χ4v) is 4.62. The van der Waals surface area contributed by atoms with Crippen LogP contribution in [0.5, 0.6) is 0 Å². The number of aryl methyl sites for hydroxylation is 2. The maximum absolute atomic E-state index is 12.8. The van der Waals surface area contributed by atoms with Crippen LogP contribution in [0.15, 0.2) is 30.3 Å². The predicted molar refractivity (Wildman–Crippen MR) is 118 cm³/mol. The molecule has 164 valence electrons. The third-order valence-electron chi connectivity index (χ3n) is 6.32. The van der Waals surface area contributed by atoms with Crippen LogP contribution in [-0.2, 0) is 22.4 Å². The minimum absolute atomic E-state index is 0.0245. The van der Waals surface area contributed by atoms with Crippen LogP contribution in [0.4, 0.5) is 5.82 Å². The highest BCUT2D eigenvalue weighted by atomic mass is 16.3. The van der Waals surface area contributed by atoms with E-state index in [1.807, 2.05) is 30.0 Å². The molecule has 0 aliphatic carbocycles. The number of nitrogens with zero attached hydrogens (tertiary/aromatic N) is 4. The Hall–Kier alpha value is -2.80. The van der Waals surface area contributed by atoms with Gasteiger partial charge in [-0.2, -0.15) is 0 Å². The van der Waals surface area contributed by atoms with Crippen LogP contribution in [0.1, 0.15) is 54.2 Å². The van der Waals surface area contributed by atoms with Gasteiger partial charge in [0.05, 0.1) is 0 Å². The van der Waals surface area contributed by atoms with Crippen LogP contribution in [-0.4, -0.2) is 58.0 Å². The molecule has 4 rings (SSSR count). The molecular weight excluding hydrogens is 392 g/mol. The fraction of sp³-hybridized carbons (Fsp3) is 0.500. The van der Waals surface area contributed by atoms with Crippen LogP contribution < -0.4 is 4.90 Å². The summed E-state index contributed by atoms with van der Waals surface area (Å²) in [5, 5.41) is 9.21. The zero-order chi connectivity index (χ0) is 21.8. The van der Waals surface area contributed by atoms with Crippen LogP contribution in [0, 0.1) is 6.92 Å². The van der Waals surface area contributed by atoms with E-state index in [4.69, 9.17) is 9.97 Å². The molecule has 0 saturated carbocycles. The van der Waals surface area contributed by atoms with Crippen molar-refractivity contribution < 1.29 is 14.7 Å². The van der Waals surface area contributed by atoms with Crippen molar-refractivity contribution in [2.75, 3.05) is 31.1 Å².